The summed E-state index contributed by atoms with van der Waals surface area (Å²) in [7, 11) is -3.18. The number of morpholine rings is 1. The average molecular weight is 500 g/mol. The van der Waals surface area contributed by atoms with Crippen molar-refractivity contribution in [3.05, 3.63) is 35.6 Å². The zero-order valence-electron chi connectivity index (χ0n) is 19.6. The van der Waals surface area contributed by atoms with Crippen LogP contribution in [0.3, 0.4) is 0 Å². The van der Waals surface area contributed by atoms with Gasteiger partial charge in [0.25, 0.3) is 0 Å². The lowest BCUT2D eigenvalue weighted by atomic mass is 10.1. The van der Waals surface area contributed by atoms with E-state index < -0.39 is 10.0 Å². The Morgan fingerprint density at radius 2 is 1.86 bits per heavy atom. The Balaban J connectivity index is 1.50. The third-order valence-electron chi connectivity index (χ3n) is 6.44. The number of fused-ring (bicyclic) bond motifs is 1. The van der Waals surface area contributed by atoms with Crippen LogP contribution in [0.2, 0.25) is 0 Å². The monoisotopic (exact) mass is 499 g/mol. The Labute approximate surface area is 204 Å². The van der Waals surface area contributed by atoms with Crippen molar-refractivity contribution < 1.29 is 17.6 Å². The maximum atomic E-state index is 11.8. The molecule has 0 spiro atoms. The van der Waals surface area contributed by atoms with Crippen LogP contribution in [0.1, 0.15) is 11.3 Å². The fourth-order valence-corrected chi connectivity index (χ4v) is 5.38. The number of furan rings is 1. The molecule has 35 heavy (non-hydrogen) atoms. The second kappa shape index (κ2) is 9.53. The molecule has 2 saturated heterocycles. The first-order chi connectivity index (χ1) is 16.8. The summed E-state index contributed by atoms with van der Waals surface area (Å²) >= 11 is 0. The molecule has 2 aliphatic heterocycles. The molecule has 2 aliphatic rings. The van der Waals surface area contributed by atoms with Crippen molar-refractivity contribution in [3.8, 4) is 11.4 Å². The zero-order valence-corrected chi connectivity index (χ0v) is 20.4. The second-order valence-corrected chi connectivity index (χ2v) is 10.8. The van der Waals surface area contributed by atoms with Gasteiger partial charge < -0.3 is 25.2 Å². The number of benzene rings is 1. The molecule has 1 aromatic carbocycles. The van der Waals surface area contributed by atoms with Crippen LogP contribution in [-0.2, 0) is 21.3 Å². The molecule has 3 N–H and O–H groups in total. The second-order valence-electron chi connectivity index (χ2n) is 8.79. The SMILES string of the molecule is CS(=O)(=O)N1CCN(Cc2cc3c(N4CCOCC4)nc(-c4cccc(N)c4C=N)nc3o2)CC1. The van der Waals surface area contributed by atoms with Crippen LogP contribution < -0.4 is 10.6 Å². The number of rotatable bonds is 6. The molecule has 0 saturated carbocycles. The number of ether oxygens (including phenoxy) is 1. The van der Waals surface area contributed by atoms with Crippen molar-refractivity contribution in [1.82, 2.24) is 19.2 Å². The minimum atomic E-state index is -3.18. The molecule has 0 atom stereocenters. The third kappa shape index (κ3) is 4.87. The molecule has 2 aromatic heterocycles. The van der Waals surface area contributed by atoms with Crippen LogP contribution >= 0.6 is 0 Å². The molecular weight excluding hydrogens is 470 g/mol. The summed E-state index contributed by atoms with van der Waals surface area (Å²) in [6, 6.07) is 7.40. The van der Waals surface area contributed by atoms with Gasteiger partial charge in [-0.25, -0.2) is 13.4 Å². The summed E-state index contributed by atoms with van der Waals surface area (Å²) in [6.45, 7) is 5.36. The number of aromatic nitrogens is 2. The van der Waals surface area contributed by atoms with E-state index in [-0.39, 0.29) is 0 Å². The molecule has 0 aliphatic carbocycles. The summed E-state index contributed by atoms with van der Waals surface area (Å²) in [6.07, 6.45) is 2.46. The maximum absolute atomic E-state index is 11.8. The zero-order chi connectivity index (χ0) is 24.6. The molecular formula is C23H29N7O4S. The number of hydrogen-bond donors (Lipinski definition) is 2. The van der Waals surface area contributed by atoms with Gasteiger partial charge in [-0.2, -0.15) is 9.29 Å². The van der Waals surface area contributed by atoms with E-state index in [1.807, 2.05) is 18.2 Å². The molecule has 4 heterocycles. The number of anilines is 2. The maximum Gasteiger partial charge on any atom is 0.232 e. The topological polar surface area (TPSA) is 142 Å². The van der Waals surface area contributed by atoms with E-state index in [9.17, 15) is 8.42 Å². The summed E-state index contributed by atoms with van der Waals surface area (Å²) in [5.41, 5.74) is 8.30. The lowest BCUT2D eigenvalue weighted by molar-refractivity contribution is 0.122. The average Bonchev–Trinajstić information content (AvgIpc) is 3.26. The van der Waals surface area contributed by atoms with Gasteiger partial charge in [-0.15, -0.1) is 0 Å². The molecule has 2 fully saturated rings. The highest BCUT2D eigenvalue weighted by Gasteiger charge is 2.26. The van der Waals surface area contributed by atoms with E-state index in [1.165, 1.54) is 16.8 Å². The first kappa shape index (κ1) is 23.7. The van der Waals surface area contributed by atoms with E-state index in [0.29, 0.717) is 87.4 Å². The first-order valence-electron chi connectivity index (χ1n) is 11.5. The lowest BCUT2D eigenvalue weighted by Crippen LogP contribution is -2.47. The van der Waals surface area contributed by atoms with Gasteiger partial charge in [0.1, 0.15) is 11.6 Å². The van der Waals surface area contributed by atoms with Crippen molar-refractivity contribution in [2.45, 2.75) is 6.54 Å². The van der Waals surface area contributed by atoms with E-state index in [2.05, 4.69) is 9.80 Å². The smallest absolute Gasteiger partial charge is 0.232 e. The number of sulfonamides is 1. The number of nitrogens with one attached hydrogen (secondary N) is 1. The summed E-state index contributed by atoms with van der Waals surface area (Å²) in [5.74, 6) is 1.96. The summed E-state index contributed by atoms with van der Waals surface area (Å²) in [4.78, 5) is 13.9. The Hall–Kier alpha value is -3.06. The number of piperazine rings is 1. The molecule has 0 radical (unpaired) electrons. The van der Waals surface area contributed by atoms with Gasteiger partial charge in [0.2, 0.25) is 15.7 Å². The number of nitrogen functional groups attached to an aromatic ring is 1. The molecule has 12 heteroatoms. The third-order valence-corrected chi connectivity index (χ3v) is 7.74. The van der Waals surface area contributed by atoms with Crippen LogP contribution in [0.25, 0.3) is 22.5 Å². The largest absolute Gasteiger partial charge is 0.441 e. The van der Waals surface area contributed by atoms with Crippen molar-refractivity contribution in [3.63, 3.8) is 0 Å². The molecule has 3 aromatic rings. The van der Waals surface area contributed by atoms with Gasteiger partial charge >= 0.3 is 0 Å². The molecule has 5 rings (SSSR count). The van der Waals surface area contributed by atoms with Crippen LogP contribution in [0, 0.1) is 5.41 Å². The van der Waals surface area contributed by atoms with E-state index in [4.69, 9.17) is 30.3 Å². The molecule has 0 amide bonds. The number of nitrogens with two attached hydrogens (primary N) is 1. The van der Waals surface area contributed by atoms with Gasteiger partial charge in [0.05, 0.1) is 31.4 Å². The first-order valence-corrected chi connectivity index (χ1v) is 13.4. The van der Waals surface area contributed by atoms with Crippen LogP contribution in [0.5, 0.6) is 0 Å². The van der Waals surface area contributed by atoms with Crippen LogP contribution in [0.15, 0.2) is 28.7 Å². The van der Waals surface area contributed by atoms with Crippen molar-refractivity contribution >= 4 is 38.8 Å². The predicted molar refractivity (Wildman–Crippen MR) is 134 cm³/mol. The lowest BCUT2D eigenvalue weighted by Gasteiger charge is -2.32. The van der Waals surface area contributed by atoms with Gasteiger partial charge in [0, 0.05) is 62.3 Å². The molecule has 0 bridgehead atoms. The summed E-state index contributed by atoms with van der Waals surface area (Å²) < 4.78 is 36.8. The quantitative estimate of drug-likeness (QED) is 0.380. The Kier molecular flexibility index (Phi) is 6.45. The molecule has 11 nitrogen and oxygen atoms in total. The fourth-order valence-electron chi connectivity index (χ4n) is 4.55. The predicted octanol–water partition coefficient (Wildman–Crippen LogP) is 1.38. The van der Waals surface area contributed by atoms with Gasteiger partial charge in [-0.05, 0) is 12.1 Å². The highest BCUT2D eigenvalue weighted by molar-refractivity contribution is 7.88. The Morgan fingerprint density at radius 3 is 2.54 bits per heavy atom. The van der Waals surface area contributed by atoms with E-state index >= 15 is 0 Å². The standard InChI is InChI=1S/C23H29N7O4S/c1-35(31,32)30-7-5-28(6-8-30)15-16-13-18-22(29-9-11-33-12-10-29)26-21(27-23(18)34-16)17-3-2-4-20(25)19(17)14-24/h2-4,13-14,24H,5-12,15,25H2,1H3. The van der Waals surface area contributed by atoms with Gasteiger partial charge in [-0.3, -0.25) is 4.90 Å². The van der Waals surface area contributed by atoms with Crippen LogP contribution in [-0.4, -0.2) is 92.5 Å². The minimum absolute atomic E-state index is 0.451. The minimum Gasteiger partial charge on any atom is -0.441 e. The van der Waals surface area contributed by atoms with Gasteiger partial charge in [0.15, 0.2) is 5.82 Å². The molecule has 0 unspecified atom stereocenters. The van der Waals surface area contributed by atoms with E-state index in [1.54, 1.807) is 6.07 Å². The number of nitrogens with zero attached hydrogens (tertiary/aromatic N) is 5. The number of hydrogen-bond acceptors (Lipinski definition) is 10. The Bertz CT molecular complexity index is 1340. The van der Waals surface area contributed by atoms with Crippen LogP contribution in [0.4, 0.5) is 11.5 Å². The normalized spacial score (nSPS) is 18.3. The fraction of sp³-hybridized carbons (Fsp3) is 0.435. The Morgan fingerprint density at radius 1 is 1.11 bits per heavy atom. The van der Waals surface area contributed by atoms with Crippen molar-refractivity contribution in [2.75, 3.05) is 69.4 Å². The van der Waals surface area contributed by atoms with E-state index in [0.717, 1.165) is 17.0 Å². The van der Waals surface area contributed by atoms with Crippen molar-refractivity contribution in [1.29, 1.82) is 5.41 Å². The van der Waals surface area contributed by atoms with Gasteiger partial charge in [-0.1, -0.05) is 12.1 Å². The molecule has 186 valence electrons. The summed E-state index contributed by atoms with van der Waals surface area (Å²) in [5, 5.41) is 8.65. The highest BCUT2D eigenvalue weighted by atomic mass is 32.2. The van der Waals surface area contributed by atoms with Crippen molar-refractivity contribution in [2.24, 2.45) is 0 Å². The highest BCUT2D eigenvalue weighted by Crippen LogP contribution is 2.33.